The first-order valence-corrected chi connectivity index (χ1v) is 4.56. The summed E-state index contributed by atoms with van der Waals surface area (Å²) >= 11 is 0. The Morgan fingerprint density at radius 2 is 1.54 bits per heavy atom. The number of carbonyl (C=O) groups excluding carboxylic acids is 1. The molecule has 0 fully saturated rings. The molecule has 0 aliphatic carbocycles. The lowest BCUT2D eigenvalue weighted by Gasteiger charge is -1.90. The molecule has 1 aromatic rings. The van der Waals surface area contributed by atoms with E-state index in [0.29, 0.717) is 0 Å². The van der Waals surface area contributed by atoms with E-state index in [4.69, 9.17) is 0 Å². The summed E-state index contributed by atoms with van der Waals surface area (Å²) in [6.07, 6.45) is 0. The molecule has 0 saturated carbocycles. The molecule has 1 aromatic carbocycles. The molecule has 72 valence electrons. The molecule has 0 aliphatic heterocycles. The number of ketones is 1. The highest BCUT2D eigenvalue weighted by molar-refractivity contribution is 5.77. The molecule has 1 nitrogen and oxygen atoms in total. The van der Waals surface area contributed by atoms with Crippen molar-refractivity contribution in [2.75, 3.05) is 0 Å². The lowest BCUT2D eigenvalue weighted by molar-refractivity contribution is -0.119. The summed E-state index contributed by atoms with van der Waals surface area (Å²) in [7, 11) is 0. The molecule has 0 heterocycles. The van der Waals surface area contributed by atoms with Crippen LogP contribution in [0.5, 0.6) is 0 Å². The Balaban J connectivity index is 0.000000226. The van der Waals surface area contributed by atoms with Crippen molar-refractivity contribution in [3.05, 3.63) is 35.9 Å². The predicted molar refractivity (Wildman–Crippen MR) is 56.7 cm³/mol. The summed E-state index contributed by atoms with van der Waals surface area (Å²) in [5.74, 6) is 0.472. The third-order valence-corrected chi connectivity index (χ3v) is 1.75. The second-order valence-electron chi connectivity index (χ2n) is 3.42. The molecule has 0 bridgehead atoms. The molecule has 0 radical (unpaired) electrons. The lowest BCUT2D eigenvalue weighted by Crippen LogP contribution is -1.98. The van der Waals surface area contributed by atoms with Crippen LogP contribution in [-0.2, 0) is 4.79 Å². The second-order valence-corrected chi connectivity index (χ2v) is 3.42. The molecule has 0 spiro atoms. The van der Waals surface area contributed by atoms with E-state index >= 15 is 0 Å². The Morgan fingerprint density at radius 1 is 1.15 bits per heavy atom. The summed E-state index contributed by atoms with van der Waals surface area (Å²) in [5, 5.41) is 0. The summed E-state index contributed by atoms with van der Waals surface area (Å²) in [6.45, 7) is 7.47. The van der Waals surface area contributed by atoms with Gasteiger partial charge in [-0.2, -0.15) is 0 Å². The molecule has 1 rings (SSSR count). The molecule has 0 atom stereocenters. The number of hydrogen-bond acceptors (Lipinski definition) is 1. The maximum Gasteiger partial charge on any atom is 0.132 e. The maximum atomic E-state index is 10.1. The first-order valence-electron chi connectivity index (χ1n) is 4.56. The minimum absolute atomic E-state index is 0.213. The Morgan fingerprint density at radius 3 is 1.69 bits per heavy atom. The van der Waals surface area contributed by atoms with Gasteiger partial charge in [-0.05, 0) is 13.8 Å². The quantitative estimate of drug-likeness (QED) is 0.645. The first-order chi connectivity index (χ1) is 6.04. The van der Waals surface area contributed by atoms with Gasteiger partial charge in [-0.15, -0.1) is 0 Å². The Kier molecular flexibility index (Phi) is 5.86. The smallest absolute Gasteiger partial charge is 0.132 e. The number of benzene rings is 1. The average Bonchev–Trinajstić information content (AvgIpc) is 2.06. The van der Waals surface area contributed by atoms with Crippen LogP contribution in [0.4, 0.5) is 0 Å². The van der Waals surface area contributed by atoms with Gasteiger partial charge in [0.2, 0.25) is 0 Å². The van der Waals surface area contributed by atoms with Crippen molar-refractivity contribution < 1.29 is 4.79 Å². The summed E-state index contributed by atoms with van der Waals surface area (Å²) in [5.41, 5.74) is 1.32. The summed E-state index contributed by atoms with van der Waals surface area (Å²) in [6, 6.07) is 10.3. The number of aryl methyl sites for hydroxylation is 1. The van der Waals surface area contributed by atoms with Gasteiger partial charge < -0.3 is 0 Å². The van der Waals surface area contributed by atoms with Crippen molar-refractivity contribution in [1.82, 2.24) is 0 Å². The van der Waals surface area contributed by atoms with Crippen molar-refractivity contribution >= 4 is 5.78 Å². The molecule has 0 aliphatic rings. The van der Waals surface area contributed by atoms with Gasteiger partial charge >= 0.3 is 0 Å². The fourth-order valence-electron chi connectivity index (χ4n) is 0.534. The number of rotatable bonds is 1. The van der Waals surface area contributed by atoms with E-state index in [1.165, 1.54) is 5.56 Å². The predicted octanol–water partition coefficient (Wildman–Crippen LogP) is 3.23. The van der Waals surface area contributed by atoms with Crippen LogP contribution in [0.1, 0.15) is 26.3 Å². The van der Waals surface area contributed by atoms with Gasteiger partial charge in [0.25, 0.3) is 0 Å². The van der Waals surface area contributed by atoms with Gasteiger partial charge in [-0.3, -0.25) is 4.79 Å². The number of Topliss-reactive ketones (excluding diaryl/α,β-unsaturated/α-hetero) is 1. The fraction of sp³-hybridized carbons (Fsp3) is 0.417. The van der Waals surface area contributed by atoms with Crippen LogP contribution in [0.25, 0.3) is 0 Å². The van der Waals surface area contributed by atoms with Crippen molar-refractivity contribution in [3.63, 3.8) is 0 Å². The Hall–Kier alpha value is -1.11. The third kappa shape index (κ3) is 7.26. The van der Waals surface area contributed by atoms with E-state index in [0.717, 1.165) is 0 Å². The van der Waals surface area contributed by atoms with Crippen molar-refractivity contribution in [1.29, 1.82) is 0 Å². The fourth-order valence-corrected chi connectivity index (χ4v) is 0.534. The number of hydrogen-bond donors (Lipinski definition) is 0. The monoisotopic (exact) mass is 178 g/mol. The Labute approximate surface area is 80.8 Å². The highest BCUT2D eigenvalue weighted by Gasteiger charge is 1.95. The Bertz CT molecular complexity index is 237. The van der Waals surface area contributed by atoms with Crippen LogP contribution in [0.15, 0.2) is 30.3 Å². The highest BCUT2D eigenvalue weighted by Crippen LogP contribution is 1.92. The van der Waals surface area contributed by atoms with Crippen LogP contribution in [0, 0.1) is 12.8 Å². The van der Waals surface area contributed by atoms with E-state index in [-0.39, 0.29) is 11.7 Å². The highest BCUT2D eigenvalue weighted by atomic mass is 16.1. The molecule has 0 amide bonds. The lowest BCUT2D eigenvalue weighted by atomic mass is 10.1. The largest absolute Gasteiger partial charge is 0.300 e. The van der Waals surface area contributed by atoms with E-state index in [1.54, 1.807) is 6.92 Å². The molecule has 1 heteroatoms. The van der Waals surface area contributed by atoms with Crippen molar-refractivity contribution in [3.8, 4) is 0 Å². The molecule has 13 heavy (non-hydrogen) atoms. The summed E-state index contributed by atoms with van der Waals surface area (Å²) < 4.78 is 0. The number of carbonyl (C=O) groups is 1. The molecular formula is C12H18O. The van der Waals surface area contributed by atoms with E-state index < -0.39 is 0 Å². The van der Waals surface area contributed by atoms with E-state index in [2.05, 4.69) is 19.1 Å². The van der Waals surface area contributed by atoms with E-state index in [1.807, 2.05) is 32.0 Å². The van der Waals surface area contributed by atoms with Gasteiger partial charge in [0.15, 0.2) is 0 Å². The molecule has 0 unspecified atom stereocenters. The van der Waals surface area contributed by atoms with Crippen molar-refractivity contribution in [2.24, 2.45) is 5.92 Å². The molecule has 0 saturated heterocycles. The van der Waals surface area contributed by atoms with Crippen LogP contribution >= 0.6 is 0 Å². The zero-order valence-corrected chi connectivity index (χ0v) is 8.87. The van der Waals surface area contributed by atoms with Crippen molar-refractivity contribution in [2.45, 2.75) is 27.7 Å². The average molecular weight is 178 g/mol. The standard InChI is InChI=1S/C7H8.C5H10O/c1-7-5-3-2-4-6-7;1-4(2)5(3)6/h2-6H,1H3;4H,1-3H3. The normalized spacial score (nSPS) is 9.00. The van der Waals surface area contributed by atoms with Crippen LogP contribution in [0.2, 0.25) is 0 Å². The van der Waals surface area contributed by atoms with Gasteiger partial charge in [0.1, 0.15) is 5.78 Å². The van der Waals surface area contributed by atoms with Gasteiger partial charge in [-0.1, -0.05) is 49.7 Å². The van der Waals surface area contributed by atoms with Gasteiger partial charge in [0.05, 0.1) is 0 Å². The van der Waals surface area contributed by atoms with E-state index in [9.17, 15) is 4.79 Å². The topological polar surface area (TPSA) is 17.1 Å². The van der Waals surface area contributed by atoms with Gasteiger partial charge in [0, 0.05) is 5.92 Å². The van der Waals surface area contributed by atoms with Crippen LogP contribution in [-0.4, -0.2) is 5.78 Å². The zero-order valence-electron chi connectivity index (χ0n) is 8.87. The third-order valence-electron chi connectivity index (χ3n) is 1.75. The zero-order chi connectivity index (χ0) is 10.3. The maximum absolute atomic E-state index is 10.1. The van der Waals surface area contributed by atoms with Crippen LogP contribution < -0.4 is 0 Å². The van der Waals surface area contributed by atoms with Crippen LogP contribution in [0.3, 0.4) is 0 Å². The SMILES string of the molecule is CC(=O)C(C)C.Cc1ccccc1. The summed E-state index contributed by atoms with van der Waals surface area (Å²) in [4.78, 5) is 10.1. The minimum atomic E-state index is 0.213. The molecule has 0 aromatic heterocycles. The minimum Gasteiger partial charge on any atom is -0.300 e. The molecule has 0 N–H and O–H groups in total. The first kappa shape index (κ1) is 11.9. The molecular weight excluding hydrogens is 160 g/mol. The second kappa shape index (κ2) is 6.41. The van der Waals surface area contributed by atoms with Gasteiger partial charge in [-0.25, -0.2) is 0 Å².